The third-order valence-electron chi connectivity index (χ3n) is 6.45. The Kier molecular flexibility index (Phi) is 7.29. The molecule has 2 N–H and O–H groups in total. The molecule has 36 heavy (non-hydrogen) atoms. The Morgan fingerprint density at radius 1 is 0.806 bits per heavy atom. The van der Waals surface area contributed by atoms with Crippen molar-refractivity contribution in [3.8, 4) is 23.1 Å². The summed E-state index contributed by atoms with van der Waals surface area (Å²) in [4.78, 5) is 15.7. The van der Waals surface area contributed by atoms with Gasteiger partial charge in [-0.1, -0.05) is 48.5 Å². The Morgan fingerprint density at radius 3 is 2.06 bits per heavy atom. The lowest BCUT2D eigenvalue weighted by atomic mass is 10.0. The van der Waals surface area contributed by atoms with Crippen molar-refractivity contribution in [2.24, 2.45) is 0 Å². The number of anilines is 1. The van der Waals surface area contributed by atoms with Gasteiger partial charge in [0.1, 0.15) is 6.61 Å². The molecule has 0 amide bonds. The second kappa shape index (κ2) is 10.9. The Morgan fingerprint density at radius 2 is 1.44 bits per heavy atom. The summed E-state index contributed by atoms with van der Waals surface area (Å²) in [5.41, 5.74) is 12.0. The van der Waals surface area contributed by atoms with E-state index in [1.54, 1.807) is 14.2 Å². The summed E-state index contributed by atoms with van der Waals surface area (Å²) in [7, 11) is 3.19. The van der Waals surface area contributed by atoms with E-state index in [0.717, 1.165) is 12.1 Å². The Balaban J connectivity index is 1.34. The van der Waals surface area contributed by atoms with Gasteiger partial charge in [0.15, 0.2) is 17.0 Å². The molecule has 1 aliphatic rings. The van der Waals surface area contributed by atoms with E-state index in [9.17, 15) is 0 Å². The lowest BCUT2D eigenvalue weighted by Gasteiger charge is -2.14. The summed E-state index contributed by atoms with van der Waals surface area (Å²) in [5, 5.41) is 0. The first-order valence-electron chi connectivity index (χ1n) is 12.2. The van der Waals surface area contributed by atoms with Crippen LogP contribution < -0.4 is 15.2 Å². The Bertz CT molecular complexity index is 1300. The summed E-state index contributed by atoms with van der Waals surface area (Å²) in [6.45, 7) is 4.72. The topological polar surface area (TPSA) is 101 Å². The van der Waals surface area contributed by atoms with E-state index in [4.69, 9.17) is 19.9 Å². The number of methoxy groups -OCH3 is 2. The molecule has 4 aromatic rings. The van der Waals surface area contributed by atoms with Gasteiger partial charge in [-0.05, 0) is 48.2 Å². The van der Waals surface area contributed by atoms with Gasteiger partial charge in [-0.15, -0.1) is 0 Å². The van der Waals surface area contributed by atoms with Crippen LogP contribution in [0.15, 0.2) is 48.5 Å². The quantitative estimate of drug-likeness (QED) is 0.337. The van der Waals surface area contributed by atoms with Crippen molar-refractivity contribution in [2.75, 3.05) is 46.3 Å². The number of nitrogens with zero attached hydrogens (tertiary/aromatic N) is 5. The van der Waals surface area contributed by atoms with E-state index >= 15 is 0 Å². The summed E-state index contributed by atoms with van der Waals surface area (Å²) in [5.74, 6) is 0.244. The molecule has 0 saturated carbocycles. The van der Waals surface area contributed by atoms with Crippen LogP contribution >= 0.6 is 0 Å². The lowest BCUT2D eigenvalue weighted by molar-refractivity contribution is 0.141. The van der Waals surface area contributed by atoms with E-state index in [2.05, 4.69) is 68.4 Å². The van der Waals surface area contributed by atoms with Crippen molar-refractivity contribution in [3.63, 3.8) is 0 Å². The highest BCUT2D eigenvalue weighted by Crippen LogP contribution is 2.27. The SMILES string of the molecule is COCCOc1nc(N)c2nc(OC)n(Cc3ccc(-c4ccc(CN5CCCC5)cc4)cc3)c2n1. The van der Waals surface area contributed by atoms with Crippen molar-refractivity contribution in [1.29, 1.82) is 0 Å². The van der Waals surface area contributed by atoms with Crippen LogP contribution in [0.25, 0.3) is 22.3 Å². The predicted molar refractivity (Wildman–Crippen MR) is 139 cm³/mol. The molecule has 0 aliphatic carbocycles. The number of nitrogens with two attached hydrogens (primary N) is 1. The van der Waals surface area contributed by atoms with Gasteiger partial charge >= 0.3 is 6.01 Å². The molecule has 188 valence electrons. The third-order valence-corrected chi connectivity index (χ3v) is 6.45. The molecular weight excluding hydrogens is 456 g/mol. The van der Waals surface area contributed by atoms with Gasteiger partial charge in [-0.3, -0.25) is 9.47 Å². The second-order valence-electron chi connectivity index (χ2n) is 8.97. The van der Waals surface area contributed by atoms with Crippen molar-refractivity contribution in [3.05, 3.63) is 59.7 Å². The van der Waals surface area contributed by atoms with Crippen LogP contribution in [0, 0.1) is 0 Å². The van der Waals surface area contributed by atoms with E-state index in [-0.39, 0.29) is 11.8 Å². The first kappa shape index (κ1) is 24.0. The van der Waals surface area contributed by atoms with Gasteiger partial charge in [0.2, 0.25) is 0 Å². The molecule has 2 aromatic heterocycles. The van der Waals surface area contributed by atoms with E-state index in [0.29, 0.717) is 36.9 Å². The molecule has 1 fully saturated rings. The minimum atomic E-state index is 0.185. The molecule has 0 atom stereocenters. The smallest absolute Gasteiger partial charge is 0.320 e. The predicted octanol–water partition coefficient (Wildman–Crippen LogP) is 3.75. The maximum Gasteiger partial charge on any atom is 0.320 e. The van der Waals surface area contributed by atoms with E-state index in [1.807, 2.05) is 4.57 Å². The molecule has 3 heterocycles. The first-order chi connectivity index (χ1) is 17.6. The fourth-order valence-electron chi connectivity index (χ4n) is 4.55. The number of hydrogen-bond acceptors (Lipinski definition) is 8. The first-order valence-corrected chi connectivity index (χ1v) is 12.2. The molecule has 1 aliphatic heterocycles. The van der Waals surface area contributed by atoms with Gasteiger partial charge in [-0.25, -0.2) is 0 Å². The number of hydrogen-bond donors (Lipinski definition) is 1. The maximum absolute atomic E-state index is 6.14. The molecule has 9 nitrogen and oxygen atoms in total. The van der Waals surface area contributed by atoms with Crippen LogP contribution in [0.1, 0.15) is 24.0 Å². The average molecular weight is 489 g/mol. The summed E-state index contributed by atoms with van der Waals surface area (Å²) in [6.07, 6.45) is 2.63. The fraction of sp³-hybridized carbons (Fsp3) is 0.370. The molecule has 1 saturated heterocycles. The fourth-order valence-corrected chi connectivity index (χ4v) is 4.55. The minimum absolute atomic E-state index is 0.185. The van der Waals surface area contributed by atoms with Crippen LogP contribution in [0.2, 0.25) is 0 Å². The number of imidazole rings is 1. The summed E-state index contributed by atoms with van der Waals surface area (Å²) in [6, 6.07) is 18.0. The van der Waals surface area contributed by atoms with Gasteiger partial charge in [-0.2, -0.15) is 15.0 Å². The zero-order valence-electron chi connectivity index (χ0n) is 20.8. The van der Waals surface area contributed by atoms with Gasteiger partial charge in [0, 0.05) is 13.7 Å². The number of aromatic nitrogens is 4. The van der Waals surface area contributed by atoms with Crippen molar-refractivity contribution >= 4 is 17.0 Å². The molecule has 0 spiro atoms. The van der Waals surface area contributed by atoms with Crippen LogP contribution in [-0.4, -0.2) is 64.9 Å². The average Bonchev–Trinajstić information content (AvgIpc) is 3.53. The number of ether oxygens (including phenoxy) is 3. The monoisotopic (exact) mass is 488 g/mol. The van der Waals surface area contributed by atoms with E-state index < -0.39 is 0 Å². The van der Waals surface area contributed by atoms with Gasteiger partial charge in [0.05, 0.1) is 20.3 Å². The molecular formula is C27H32N6O3. The second-order valence-corrected chi connectivity index (χ2v) is 8.97. The zero-order chi connectivity index (χ0) is 24.9. The normalized spacial score (nSPS) is 13.9. The summed E-state index contributed by atoms with van der Waals surface area (Å²) >= 11 is 0. The number of nitrogen functional groups attached to an aromatic ring is 1. The van der Waals surface area contributed by atoms with Gasteiger partial charge in [0.25, 0.3) is 6.01 Å². The number of fused-ring (bicyclic) bond motifs is 1. The number of rotatable bonds is 10. The number of likely N-dealkylation sites (tertiary alicyclic amines) is 1. The largest absolute Gasteiger partial charge is 0.468 e. The van der Waals surface area contributed by atoms with E-state index in [1.165, 1.54) is 42.6 Å². The number of benzene rings is 2. The summed E-state index contributed by atoms with van der Waals surface area (Å²) < 4.78 is 18.0. The molecule has 0 radical (unpaired) electrons. The molecule has 2 aromatic carbocycles. The minimum Gasteiger partial charge on any atom is -0.468 e. The highest BCUT2D eigenvalue weighted by atomic mass is 16.5. The van der Waals surface area contributed by atoms with Crippen LogP contribution in [0.4, 0.5) is 5.82 Å². The van der Waals surface area contributed by atoms with Crippen LogP contribution in [0.5, 0.6) is 12.0 Å². The highest BCUT2D eigenvalue weighted by Gasteiger charge is 2.18. The van der Waals surface area contributed by atoms with Crippen molar-refractivity contribution < 1.29 is 14.2 Å². The van der Waals surface area contributed by atoms with Crippen molar-refractivity contribution in [1.82, 2.24) is 24.4 Å². The van der Waals surface area contributed by atoms with Crippen LogP contribution in [0.3, 0.4) is 0 Å². The standard InChI is InChI=1S/C27H32N6O3/c1-34-15-16-36-26-30-24(28)23-25(31-26)33(27(29-23)35-2)18-20-7-11-22(12-8-20)21-9-5-19(6-10-21)17-32-13-3-4-14-32/h5-12H,3-4,13-18H2,1-2H3,(H2,28,30,31). The third kappa shape index (κ3) is 5.27. The maximum atomic E-state index is 6.14. The highest BCUT2D eigenvalue weighted by molar-refractivity contribution is 5.83. The van der Waals surface area contributed by atoms with Gasteiger partial charge < -0.3 is 19.9 Å². The molecule has 0 unspecified atom stereocenters. The molecule has 5 rings (SSSR count). The van der Waals surface area contributed by atoms with Crippen LogP contribution in [-0.2, 0) is 17.8 Å². The van der Waals surface area contributed by atoms with Crippen molar-refractivity contribution in [2.45, 2.75) is 25.9 Å². The lowest BCUT2D eigenvalue weighted by Crippen LogP contribution is -2.18. The molecule has 0 bridgehead atoms. The zero-order valence-corrected chi connectivity index (χ0v) is 20.8. The Labute approximate surface area is 210 Å². The Hall–Kier alpha value is -3.69. The molecule has 9 heteroatoms.